The van der Waals surface area contributed by atoms with E-state index in [-0.39, 0.29) is 5.28 Å². The maximum Gasteiger partial charge on any atom is 0.233 e. The Kier molecular flexibility index (Phi) is 4.38. The molecule has 1 aliphatic rings. The number of nitrogens with zero attached hydrogens (tertiary/aromatic N) is 4. The van der Waals surface area contributed by atoms with Crippen LogP contribution in [0.4, 0.5) is 17.6 Å². The van der Waals surface area contributed by atoms with Gasteiger partial charge in [-0.1, -0.05) is 11.6 Å². The molecule has 1 aromatic heterocycles. The van der Waals surface area contributed by atoms with Crippen LogP contribution >= 0.6 is 23.2 Å². The molecule has 2 heterocycles. The molecule has 2 aromatic rings. The summed E-state index contributed by atoms with van der Waals surface area (Å²) >= 11 is 11.8. The molecule has 1 saturated heterocycles. The predicted octanol–water partition coefficient (Wildman–Crippen LogP) is 2.76. The standard InChI is InChI=1S/C13H13Cl2N5O/c14-9-1-3-10(4-2-9)16-12-17-11(15)18-13(19-12)20-5-7-21-8-6-20/h1-4H,5-8H2,(H,16,17,18,19). The molecule has 8 heteroatoms. The lowest BCUT2D eigenvalue weighted by molar-refractivity contribution is 0.122. The molecule has 3 rings (SSSR count). The Bertz CT molecular complexity index is 616. The van der Waals surface area contributed by atoms with E-state index in [1.165, 1.54) is 0 Å². The third-order valence-corrected chi connectivity index (χ3v) is 3.41. The average Bonchev–Trinajstić information content (AvgIpc) is 2.50. The maximum atomic E-state index is 5.98. The number of halogens is 2. The lowest BCUT2D eigenvalue weighted by atomic mass is 10.3. The molecule has 0 spiro atoms. The lowest BCUT2D eigenvalue weighted by Crippen LogP contribution is -2.37. The normalized spacial score (nSPS) is 15.0. The van der Waals surface area contributed by atoms with E-state index in [1.54, 1.807) is 12.1 Å². The first-order valence-electron chi connectivity index (χ1n) is 6.47. The predicted molar refractivity (Wildman–Crippen MR) is 82.6 cm³/mol. The quantitative estimate of drug-likeness (QED) is 0.936. The zero-order chi connectivity index (χ0) is 14.7. The fourth-order valence-corrected chi connectivity index (χ4v) is 2.24. The van der Waals surface area contributed by atoms with Crippen molar-refractivity contribution in [2.75, 3.05) is 36.5 Å². The van der Waals surface area contributed by atoms with E-state index in [4.69, 9.17) is 27.9 Å². The number of ether oxygens (including phenoxy) is 1. The van der Waals surface area contributed by atoms with E-state index in [9.17, 15) is 0 Å². The third-order valence-electron chi connectivity index (χ3n) is 2.99. The summed E-state index contributed by atoms with van der Waals surface area (Å²) in [7, 11) is 0. The molecule has 6 nitrogen and oxygen atoms in total. The van der Waals surface area contributed by atoms with Crippen molar-refractivity contribution >= 4 is 40.8 Å². The van der Waals surface area contributed by atoms with Crippen molar-refractivity contribution in [3.8, 4) is 0 Å². The van der Waals surface area contributed by atoms with Gasteiger partial charge < -0.3 is 15.0 Å². The molecular weight excluding hydrogens is 313 g/mol. The van der Waals surface area contributed by atoms with Gasteiger partial charge in [-0.25, -0.2) is 0 Å². The minimum atomic E-state index is 0.156. The smallest absolute Gasteiger partial charge is 0.233 e. The van der Waals surface area contributed by atoms with Gasteiger partial charge in [-0.2, -0.15) is 15.0 Å². The van der Waals surface area contributed by atoms with Crippen LogP contribution in [0.2, 0.25) is 10.3 Å². The molecule has 0 radical (unpaired) electrons. The Morgan fingerprint density at radius 1 is 1.00 bits per heavy atom. The average molecular weight is 326 g/mol. The van der Waals surface area contributed by atoms with Gasteiger partial charge in [0.25, 0.3) is 0 Å². The number of nitrogens with one attached hydrogen (secondary N) is 1. The van der Waals surface area contributed by atoms with Crippen LogP contribution in [0.5, 0.6) is 0 Å². The van der Waals surface area contributed by atoms with Crippen LogP contribution < -0.4 is 10.2 Å². The molecule has 110 valence electrons. The molecule has 1 fully saturated rings. The van der Waals surface area contributed by atoms with Crippen LogP contribution in [0.3, 0.4) is 0 Å². The molecule has 0 aliphatic carbocycles. The number of benzene rings is 1. The highest BCUT2D eigenvalue weighted by molar-refractivity contribution is 6.30. The summed E-state index contributed by atoms with van der Waals surface area (Å²) < 4.78 is 5.31. The summed E-state index contributed by atoms with van der Waals surface area (Å²) in [6.45, 7) is 2.79. The highest BCUT2D eigenvalue weighted by atomic mass is 35.5. The Labute approximate surface area is 132 Å². The molecule has 1 aliphatic heterocycles. The van der Waals surface area contributed by atoms with Crippen LogP contribution in [0.15, 0.2) is 24.3 Å². The van der Waals surface area contributed by atoms with E-state index in [0.717, 1.165) is 18.8 Å². The van der Waals surface area contributed by atoms with Gasteiger partial charge in [0.05, 0.1) is 13.2 Å². The lowest BCUT2D eigenvalue weighted by Gasteiger charge is -2.26. The van der Waals surface area contributed by atoms with Crippen molar-refractivity contribution in [1.82, 2.24) is 15.0 Å². The SMILES string of the molecule is Clc1ccc(Nc2nc(Cl)nc(N3CCOCC3)n2)cc1. The van der Waals surface area contributed by atoms with Gasteiger partial charge in [0, 0.05) is 23.8 Å². The molecule has 21 heavy (non-hydrogen) atoms. The van der Waals surface area contributed by atoms with Crippen LogP contribution in [0.1, 0.15) is 0 Å². The summed E-state index contributed by atoms with van der Waals surface area (Å²) in [6.07, 6.45) is 0. The van der Waals surface area contributed by atoms with Crippen LogP contribution in [0.25, 0.3) is 0 Å². The summed E-state index contributed by atoms with van der Waals surface area (Å²) in [5.74, 6) is 0.952. The Hall–Kier alpha value is -1.63. The van der Waals surface area contributed by atoms with Crippen molar-refractivity contribution in [2.24, 2.45) is 0 Å². The molecule has 0 atom stereocenters. The van der Waals surface area contributed by atoms with Gasteiger partial charge in [0.2, 0.25) is 17.2 Å². The first-order chi connectivity index (χ1) is 10.2. The Morgan fingerprint density at radius 2 is 1.71 bits per heavy atom. The van der Waals surface area contributed by atoms with Crippen LogP contribution in [0, 0.1) is 0 Å². The maximum absolute atomic E-state index is 5.98. The minimum absolute atomic E-state index is 0.156. The fraction of sp³-hybridized carbons (Fsp3) is 0.308. The van der Waals surface area contributed by atoms with Gasteiger partial charge >= 0.3 is 0 Å². The number of rotatable bonds is 3. The van der Waals surface area contributed by atoms with Gasteiger partial charge in [-0.3, -0.25) is 0 Å². The Morgan fingerprint density at radius 3 is 2.43 bits per heavy atom. The van der Waals surface area contributed by atoms with Crippen LogP contribution in [-0.4, -0.2) is 41.3 Å². The first kappa shape index (κ1) is 14.3. The molecule has 1 N–H and O–H groups in total. The largest absolute Gasteiger partial charge is 0.378 e. The minimum Gasteiger partial charge on any atom is -0.378 e. The van der Waals surface area contributed by atoms with E-state index in [0.29, 0.717) is 30.1 Å². The summed E-state index contributed by atoms with van der Waals surface area (Å²) in [5, 5.41) is 3.91. The van der Waals surface area contributed by atoms with E-state index in [1.807, 2.05) is 17.0 Å². The number of hydrogen-bond donors (Lipinski definition) is 1. The van der Waals surface area contributed by atoms with Crippen molar-refractivity contribution in [1.29, 1.82) is 0 Å². The second-order valence-corrected chi connectivity index (χ2v) is 5.23. The van der Waals surface area contributed by atoms with E-state index < -0.39 is 0 Å². The van der Waals surface area contributed by atoms with E-state index >= 15 is 0 Å². The van der Waals surface area contributed by atoms with Gasteiger partial charge in [0.15, 0.2) is 0 Å². The molecule has 0 unspecified atom stereocenters. The zero-order valence-corrected chi connectivity index (χ0v) is 12.6. The molecule has 0 bridgehead atoms. The first-order valence-corrected chi connectivity index (χ1v) is 7.23. The monoisotopic (exact) mass is 325 g/mol. The number of morpholine rings is 1. The third kappa shape index (κ3) is 3.72. The second kappa shape index (κ2) is 6.43. The summed E-state index contributed by atoms with van der Waals surface area (Å²) in [5.41, 5.74) is 0.828. The van der Waals surface area contributed by atoms with Crippen LogP contribution in [-0.2, 0) is 4.74 Å². The molecule has 0 amide bonds. The van der Waals surface area contributed by atoms with Crippen molar-refractivity contribution in [3.63, 3.8) is 0 Å². The topological polar surface area (TPSA) is 63.2 Å². The fourth-order valence-electron chi connectivity index (χ4n) is 1.96. The highest BCUT2D eigenvalue weighted by Gasteiger charge is 2.16. The number of aromatic nitrogens is 3. The van der Waals surface area contributed by atoms with Crippen molar-refractivity contribution in [2.45, 2.75) is 0 Å². The second-order valence-electron chi connectivity index (χ2n) is 4.46. The van der Waals surface area contributed by atoms with Gasteiger partial charge in [-0.15, -0.1) is 0 Å². The van der Waals surface area contributed by atoms with E-state index in [2.05, 4.69) is 20.3 Å². The van der Waals surface area contributed by atoms with Crippen molar-refractivity contribution in [3.05, 3.63) is 34.6 Å². The zero-order valence-electron chi connectivity index (χ0n) is 11.1. The molecule has 0 saturated carbocycles. The number of anilines is 3. The summed E-state index contributed by atoms with van der Waals surface area (Å²) in [4.78, 5) is 14.7. The highest BCUT2D eigenvalue weighted by Crippen LogP contribution is 2.20. The van der Waals surface area contributed by atoms with Gasteiger partial charge in [0.1, 0.15) is 0 Å². The Balaban J connectivity index is 1.81. The van der Waals surface area contributed by atoms with Gasteiger partial charge in [-0.05, 0) is 35.9 Å². The number of hydrogen-bond acceptors (Lipinski definition) is 6. The molecular formula is C13H13Cl2N5O. The molecule has 1 aromatic carbocycles. The summed E-state index contributed by atoms with van der Waals surface area (Å²) in [6, 6.07) is 7.26. The van der Waals surface area contributed by atoms with Crippen molar-refractivity contribution < 1.29 is 4.74 Å².